The Kier molecular flexibility index (Phi) is 4.63. The van der Waals surface area contributed by atoms with E-state index in [0.29, 0.717) is 17.5 Å². The minimum absolute atomic E-state index is 0.0954. The minimum Gasteiger partial charge on any atom is -0.468 e. The second-order valence-corrected chi connectivity index (χ2v) is 7.20. The van der Waals surface area contributed by atoms with Gasteiger partial charge in [0.05, 0.1) is 25.5 Å². The van der Waals surface area contributed by atoms with Crippen molar-refractivity contribution in [2.24, 2.45) is 11.8 Å². The number of aromatic nitrogens is 1. The Morgan fingerprint density at radius 3 is 3.08 bits per heavy atom. The molecule has 1 amide bonds. The number of H-pyrrole nitrogens is 1. The number of nitrogens with zero attached hydrogens (tertiary/aromatic N) is 2. The highest BCUT2D eigenvalue weighted by Gasteiger charge is 2.42. The third kappa shape index (κ3) is 3.50. The van der Waals surface area contributed by atoms with Crippen molar-refractivity contribution >= 4 is 5.91 Å². The lowest BCUT2D eigenvalue weighted by atomic mass is 9.84. The summed E-state index contributed by atoms with van der Waals surface area (Å²) < 4.78 is 11.5. The van der Waals surface area contributed by atoms with Crippen molar-refractivity contribution in [1.29, 1.82) is 0 Å². The van der Waals surface area contributed by atoms with Crippen molar-refractivity contribution in [2.45, 2.75) is 19.1 Å². The van der Waals surface area contributed by atoms with Gasteiger partial charge in [0.2, 0.25) is 0 Å². The summed E-state index contributed by atoms with van der Waals surface area (Å²) in [5, 5.41) is 0. The molecular weight excluding hydrogens is 318 g/mol. The van der Waals surface area contributed by atoms with Gasteiger partial charge in [0.25, 0.3) is 5.91 Å². The van der Waals surface area contributed by atoms with Crippen molar-refractivity contribution in [3.8, 4) is 0 Å². The molecule has 4 heterocycles. The van der Waals surface area contributed by atoms with Crippen molar-refractivity contribution in [2.75, 3.05) is 33.3 Å². The lowest BCUT2D eigenvalue weighted by Crippen LogP contribution is -2.47. The van der Waals surface area contributed by atoms with Crippen LogP contribution < -0.4 is 0 Å². The molecule has 0 radical (unpaired) electrons. The molecule has 4 rings (SSSR count). The van der Waals surface area contributed by atoms with Crippen molar-refractivity contribution in [1.82, 2.24) is 14.8 Å². The monoisotopic (exact) mass is 343 g/mol. The maximum atomic E-state index is 12.6. The Morgan fingerprint density at radius 1 is 1.40 bits per heavy atom. The maximum Gasteiger partial charge on any atom is 0.270 e. The number of amides is 1. The quantitative estimate of drug-likeness (QED) is 0.904. The van der Waals surface area contributed by atoms with Crippen LogP contribution in [0, 0.1) is 11.8 Å². The van der Waals surface area contributed by atoms with Gasteiger partial charge in [0.1, 0.15) is 11.5 Å². The van der Waals surface area contributed by atoms with Crippen LogP contribution in [-0.2, 0) is 11.3 Å². The number of hydrogen-bond acceptors (Lipinski definition) is 4. The van der Waals surface area contributed by atoms with E-state index < -0.39 is 0 Å². The van der Waals surface area contributed by atoms with Gasteiger partial charge >= 0.3 is 0 Å². The van der Waals surface area contributed by atoms with E-state index in [2.05, 4.69) is 16.9 Å². The molecule has 0 saturated carbocycles. The number of ether oxygens (including phenoxy) is 1. The number of likely N-dealkylation sites (N-methyl/N-ethyl adjacent to an activating group) is 1. The van der Waals surface area contributed by atoms with Crippen LogP contribution in [-0.4, -0.2) is 60.1 Å². The van der Waals surface area contributed by atoms with E-state index in [4.69, 9.17) is 9.15 Å². The number of furan rings is 1. The number of rotatable bonds is 5. The molecule has 6 nitrogen and oxygen atoms in total. The number of likely N-dealkylation sites (tertiary alicyclic amines) is 1. The van der Waals surface area contributed by atoms with Gasteiger partial charge in [-0.05, 0) is 43.7 Å². The second kappa shape index (κ2) is 7.06. The van der Waals surface area contributed by atoms with Gasteiger partial charge in [0.15, 0.2) is 0 Å². The molecule has 0 aliphatic carbocycles. The van der Waals surface area contributed by atoms with Gasteiger partial charge in [-0.2, -0.15) is 0 Å². The number of carbonyl (C=O) groups excluding carboxylic acids is 1. The Balaban J connectivity index is 1.37. The van der Waals surface area contributed by atoms with E-state index in [1.165, 1.54) is 0 Å². The van der Waals surface area contributed by atoms with Crippen molar-refractivity contribution in [3.63, 3.8) is 0 Å². The molecule has 2 aromatic rings. The van der Waals surface area contributed by atoms with Crippen LogP contribution >= 0.6 is 0 Å². The predicted octanol–water partition coefficient (Wildman–Crippen LogP) is 2.22. The Labute approximate surface area is 147 Å². The Bertz CT molecular complexity index is 683. The first-order chi connectivity index (χ1) is 12.2. The third-order valence-electron chi connectivity index (χ3n) is 5.42. The fraction of sp³-hybridized carbons (Fsp3) is 0.526. The summed E-state index contributed by atoms with van der Waals surface area (Å²) in [5.41, 5.74) is 0.670. The lowest BCUT2D eigenvalue weighted by Gasteiger charge is -2.36. The second-order valence-electron chi connectivity index (χ2n) is 7.20. The van der Waals surface area contributed by atoms with Crippen LogP contribution in [0.3, 0.4) is 0 Å². The number of carbonyl (C=O) groups is 1. The molecule has 6 heteroatoms. The molecule has 2 aromatic heterocycles. The first-order valence-electron chi connectivity index (χ1n) is 8.96. The first kappa shape index (κ1) is 16.4. The predicted molar refractivity (Wildman–Crippen MR) is 93.1 cm³/mol. The first-order valence-corrected chi connectivity index (χ1v) is 8.96. The average molecular weight is 343 g/mol. The zero-order valence-corrected chi connectivity index (χ0v) is 14.6. The van der Waals surface area contributed by atoms with E-state index in [1.807, 2.05) is 29.2 Å². The smallest absolute Gasteiger partial charge is 0.270 e. The van der Waals surface area contributed by atoms with Gasteiger partial charge in [0, 0.05) is 31.7 Å². The highest BCUT2D eigenvalue weighted by atomic mass is 16.5. The summed E-state index contributed by atoms with van der Waals surface area (Å²) in [6, 6.07) is 7.61. The van der Waals surface area contributed by atoms with Gasteiger partial charge in [-0.1, -0.05) is 0 Å². The Hall–Kier alpha value is -2.05. The summed E-state index contributed by atoms with van der Waals surface area (Å²) >= 11 is 0. The standard InChI is InChI=1S/C19H25N3O3/c1-21(10-15-4-3-9-24-15)12-18-16-11-22(8-6-14(16)13-25-18)19(23)17-5-2-7-20-17/h2-5,7,9,14,16,18,20H,6,8,10-13H2,1H3/t14-,16-,18+/m0/s1. The van der Waals surface area contributed by atoms with E-state index in [-0.39, 0.29) is 12.0 Å². The lowest BCUT2D eigenvalue weighted by molar-refractivity contribution is 0.0417. The van der Waals surface area contributed by atoms with E-state index in [1.54, 1.807) is 12.5 Å². The maximum absolute atomic E-state index is 12.6. The third-order valence-corrected chi connectivity index (χ3v) is 5.42. The van der Waals surface area contributed by atoms with Crippen molar-refractivity contribution in [3.05, 3.63) is 48.2 Å². The molecule has 134 valence electrons. The molecule has 0 bridgehead atoms. The fourth-order valence-electron chi connectivity index (χ4n) is 4.08. The summed E-state index contributed by atoms with van der Waals surface area (Å²) in [5.74, 6) is 2.03. The number of aromatic amines is 1. The molecule has 25 heavy (non-hydrogen) atoms. The van der Waals surface area contributed by atoms with E-state index in [0.717, 1.165) is 45.0 Å². The number of fused-ring (bicyclic) bond motifs is 1. The van der Waals surface area contributed by atoms with Gasteiger partial charge < -0.3 is 19.0 Å². The molecule has 0 aromatic carbocycles. The summed E-state index contributed by atoms with van der Waals surface area (Å²) in [4.78, 5) is 19.8. The molecule has 2 aliphatic heterocycles. The molecule has 2 aliphatic rings. The average Bonchev–Trinajstić information content (AvgIpc) is 3.36. The van der Waals surface area contributed by atoms with Crippen LogP contribution in [0.4, 0.5) is 0 Å². The van der Waals surface area contributed by atoms with Crippen LogP contribution in [0.2, 0.25) is 0 Å². The highest BCUT2D eigenvalue weighted by Crippen LogP contribution is 2.35. The van der Waals surface area contributed by atoms with Crippen LogP contribution in [0.5, 0.6) is 0 Å². The van der Waals surface area contributed by atoms with Gasteiger partial charge in [-0.25, -0.2) is 0 Å². The summed E-state index contributed by atoms with van der Waals surface area (Å²) in [6.07, 6.45) is 4.70. The molecule has 2 fully saturated rings. The number of hydrogen-bond donors (Lipinski definition) is 1. The fourth-order valence-corrected chi connectivity index (χ4v) is 4.08. The largest absolute Gasteiger partial charge is 0.468 e. The molecule has 2 saturated heterocycles. The Morgan fingerprint density at radius 2 is 2.32 bits per heavy atom. The summed E-state index contributed by atoms with van der Waals surface area (Å²) in [7, 11) is 2.09. The van der Waals surface area contributed by atoms with Crippen LogP contribution in [0.25, 0.3) is 0 Å². The molecule has 1 N–H and O–H groups in total. The van der Waals surface area contributed by atoms with Gasteiger partial charge in [-0.3, -0.25) is 9.69 Å². The zero-order valence-electron chi connectivity index (χ0n) is 14.6. The molecule has 3 atom stereocenters. The minimum atomic E-state index is 0.0954. The van der Waals surface area contributed by atoms with Crippen LogP contribution in [0.15, 0.2) is 41.1 Å². The van der Waals surface area contributed by atoms with E-state index in [9.17, 15) is 4.79 Å². The zero-order chi connectivity index (χ0) is 17.2. The number of piperidine rings is 1. The highest BCUT2D eigenvalue weighted by molar-refractivity contribution is 5.92. The molecular formula is C19H25N3O3. The van der Waals surface area contributed by atoms with Crippen LogP contribution in [0.1, 0.15) is 22.7 Å². The molecule has 0 spiro atoms. The molecule has 0 unspecified atom stereocenters. The van der Waals surface area contributed by atoms with Crippen molar-refractivity contribution < 1.29 is 13.9 Å². The normalized spacial score (nSPS) is 26.2. The van der Waals surface area contributed by atoms with E-state index >= 15 is 0 Å². The summed E-state index contributed by atoms with van der Waals surface area (Å²) in [6.45, 7) is 4.04. The topological polar surface area (TPSA) is 61.7 Å². The van der Waals surface area contributed by atoms with Gasteiger partial charge in [-0.15, -0.1) is 0 Å². The number of nitrogens with one attached hydrogen (secondary N) is 1. The SMILES string of the molecule is CN(Cc1ccco1)C[C@H]1OC[C@@H]2CCN(C(=O)c3ccc[nH]3)C[C@@H]21.